The number of urea groups is 1. The number of hydrogen-bond acceptors (Lipinski definition) is 3. The molecule has 1 fully saturated rings. The third-order valence-corrected chi connectivity index (χ3v) is 3.51. The van der Waals surface area contributed by atoms with Gasteiger partial charge in [-0.2, -0.15) is 0 Å². The van der Waals surface area contributed by atoms with Crippen molar-refractivity contribution in [2.75, 3.05) is 52.3 Å². The Kier molecular flexibility index (Phi) is 4.27. The molecule has 1 aliphatic rings. The van der Waals surface area contributed by atoms with Crippen LogP contribution in [0.4, 0.5) is 10.5 Å². The molecule has 5 heteroatoms. The zero-order valence-electron chi connectivity index (χ0n) is 11.8. The Bertz CT molecular complexity index is 442. The van der Waals surface area contributed by atoms with Gasteiger partial charge in [-0.15, -0.1) is 0 Å². The van der Waals surface area contributed by atoms with Crippen LogP contribution in [0.25, 0.3) is 0 Å². The molecule has 19 heavy (non-hydrogen) atoms. The molecule has 0 aliphatic carbocycles. The molecule has 0 saturated carbocycles. The second-order valence-corrected chi connectivity index (χ2v) is 4.80. The summed E-state index contributed by atoms with van der Waals surface area (Å²) >= 11 is 0. The highest BCUT2D eigenvalue weighted by Crippen LogP contribution is 2.27. The molecule has 1 heterocycles. The summed E-state index contributed by atoms with van der Waals surface area (Å²) in [5, 5.41) is 0. The van der Waals surface area contributed by atoms with Gasteiger partial charge in [0.05, 0.1) is 12.8 Å². The number of carbonyl (C=O) groups is 1. The summed E-state index contributed by atoms with van der Waals surface area (Å²) in [5.74, 6) is 0.715. The van der Waals surface area contributed by atoms with Gasteiger partial charge in [0.15, 0.2) is 0 Å². The average molecular weight is 263 g/mol. The number of amides is 2. The van der Waals surface area contributed by atoms with E-state index in [2.05, 4.69) is 11.9 Å². The van der Waals surface area contributed by atoms with Gasteiger partial charge in [0, 0.05) is 33.2 Å². The standard InChI is InChI=1S/C14H21N3O2/c1-15-8-10-17(11-9-15)14(18)16(2)12-6-4-5-7-13(12)19-3/h4-7H,8-11H2,1-3H3. The first-order chi connectivity index (χ1) is 9.13. The molecule has 104 valence electrons. The Labute approximate surface area is 114 Å². The zero-order chi connectivity index (χ0) is 13.8. The van der Waals surface area contributed by atoms with Gasteiger partial charge in [0.25, 0.3) is 0 Å². The van der Waals surface area contributed by atoms with Crippen LogP contribution in [0.2, 0.25) is 0 Å². The largest absolute Gasteiger partial charge is 0.495 e. The number of rotatable bonds is 2. The van der Waals surface area contributed by atoms with E-state index in [0.29, 0.717) is 5.75 Å². The van der Waals surface area contributed by atoms with Crippen molar-refractivity contribution in [2.24, 2.45) is 0 Å². The molecule has 0 bridgehead atoms. The molecule has 0 N–H and O–H groups in total. The van der Waals surface area contributed by atoms with E-state index in [9.17, 15) is 4.79 Å². The fourth-order valence-electron chi connectivity index (χ4n) is 2.22. The zero-order valence-corrected chi connectivity index (χ0v) is 11.8. The molecule has 0 radical (unpaired) electrons. The van der Waals surface area contributed by atoms with Gasteiger partial charge in [-0.25, -0.2) is 4.79 Å². The maximum atomic E-state index is 12.5. The smallest absolute Gasteiger partial charge is 0.324 e. The van der Waals surface area contributed by atoms with E-state index < -0.39 is 0 Å². The fourth-order valence-corrected chi connectivity index (χ4v) is 2.22. The molecular weight excluding hydrogens is 242 g/mol. The number of likely N-dealkylation sites (N-methyl/N-ethyl adjacent to an activating group) is 1. The maximum Gasteiger partial charge on any atom is 0.324 e. The third kappa shape index (κ3) is 2.98. The second-order valence-electron chi connectivity index (χ2n) is 4.80. The van der Waals surface area contributed by atoms with Crippen LogP contribution in [-0.2, 0) is 0 Å². The van der Waals surface area contributed by atoms with Crippen LogP contribution in [0.5, 0.6) is 5.75 Å². The Morgan fingerprint density at radius 2 is 1.84 bits per heavy atom. The van der Waals surface area contributed by atoms with Crippen LogP contribution in [0.15, 0.2) is 24.3 Å². The average Bonchev–Trinajstić information content (AvgIpc) is 2.46. The van der Waals surface area contributed by atoms with Crippen LogP contribution in [0.3, 0.4) is 0 Å². The third-order valence-electron chi connectivity index (χ3n) is 3.51. The summed E-state index contributed by atoms with van der Waals surface area (Å²) < 4.78 is 5.30. The minimum atomic E-state index is 0.0256. The highest BCUT2D eigenvalue weighted by Gasteiger charge is 2.24. The van der Waals surface area contributed by atoms with Crippen LogP contribution >= 0.6 is 0 Å². The number of piperazine rings is 1. The van der Waals surface area contributed by atoms with Gasteiger partial charge < -0.3 is 14.5 Å². The molecule has 0 spiro atoms. The molecule has 0 aromatic heterocycles. The minimum Gasteiger partial charge on any atom is -0.495 e. The van der Waals surface area contributed by atoms with E-state index in [0.717, 1.165) is 31.9 Å². The topological polar surface area (TPSA) is 36.0 Å². The first-order valence-corrected chi connectivity index (χ1v) is 6.47. The van der Waals surface area contributed by atoms with E-state index in [-0.39, 0.29) is 6.03 Å². The van der Waals surface area contributed by atoms with Gasteiger partial charge in [0.2, 0.25) is 0 Å². The number of carbonyl (C=O) groups excluding carboxylic acids is 1. The Balaban J connectivity index is 2.10. The van der Waals surface area contributed by atoms with Crippen LogP contribution in [0.1, 0.15) is 0 Å². The van der Waals surface area contributed by atoms with Crippen molar-refractivity contribution in [3.63, 3.8) is 0 Å². The van der Waals surface area contributed by atoms with Crippen molar-refractivity contribution in [2.45, 2.75) is 0 Å². The number of methoxy groups -OCH3 is 1. The first kappa shape index (κ1) is 13.7. The first-order valence-electron chi connectivity index (χ1n) is 6.47. The molecule has 5 nitrogen and oxygen atoms in total. The van der Waals surface area contributed by atoms with Crippen LogP contribution in [-0.4, -0.2) is 63.2 Å². The summed E-state index contributed by atoms with van der Waals surface area (Å²) in [5.41, 5.74) is 0.800. The molecule has 0 unspecified atom stereocenters. The van der Waals surface area contributed by atoms with Crippen molar-refractivity contribution in [1.29, 1.82) is 0 Å². The second kappa shape index (κ2) is 5.93. The Hall–Kier alpha value is -1.75. The van der Waals surface area contributed by atoms with Gasteiger partial charge in [0.1, 0.15) is 5.75 Å². The summed E-state index contributed by atoms with van der Waals surface area (Å²) in [6.45, 7) is 3.39. The Morgan fingerprint density at radius 3 is 2.47 bits per heavy atom. The van der Waals surface area contributed by atoms with Crippen LogP contribution < -0.4 is 9.64 Å². The van der Waals surface area contributed by atoms with Crippen LogP contribution in [0, 0.1) is 0 Å². The van der Waals surface area contributed by atoms with Crippen molar-refractivity contribution in [3.05, 3.63) is 24.3 Å². The van der Waals surface area contributed by atoms with Crippen molar-refractivity contribution >= 4 is 11.7 Å². The maximum absolute atomic E-state index is 12.5. The predicted molar refractivity (Wildman–Crippen MR) is 75.9 cm³/mol. The number of nitrogens with zero attached hydrogens (tertiary/aromatic N) is 3. The summed E-state index contributed by atoms with van der Waals surface area (Å²) in [6, 6.07) is 7.59. The number of ether oxygens (including phenoxy) is 1. The summed E-state index contributed by atoms with van der Waals surface area (Å²) in [6.07, 6.45) is 0. The van der Waals surface area contributed by atoms with Crippen molar-refractivity contribution in [1.82, 2.24) is 9.80 Å². The SMILES string of the molecule is COc1ccccc1N(C)C(=O)N1CCN(C)CC1. The molecule has 2 rings (SSSR count). The van der Waals surface area contributed by atoms with Gasteiger partial charge in [-0.1, -0.05) is 12.1 Å². The highest BCUT2D eigenvalue weighted by molar-refractivity contribution is 5.93. The molecule has 1 aliphatic heterocycles. The van der Waals surface area contributed by atoms with E-state index in [1.165, 1.54) is 0 Å². The lowest BCUT2D eigenvalue weighted by atomic mass is 10.2. The van der Waals surface area contributed by atoms with Gasteiger partial charge in [-0.3, -0.25) is 4.90 Å². The Morgan fingerprint density at radius 1 is 1.21 bits per heavy atom. The predicted octanol–water partition coefficient (Wildman–Crippen LogP) is 1.50. The van der Waals surface area contributed by atoms with Crippen molar-refractivity contribution < 1.29 is 9.53 Å². The normalized spacial score (nSPS) is 16.3. The molecule has 2 amide bonds. The molecular formula is C14H21N3O2. The molecule has 1 aromatic carbocycles. The lowest BCUT2D eigenvalue weighted by molar-refractivity contribution is 0.160. The minimum absolute atomic E-state index is 0.0256. The summed E-state index contributed by atoms with van der Waals surface area (Å²) in [4.78, 5) is 18.2. The molecule has 1 aromatic rings. The van der Waals surface area contributed by atoms with E-state index in [1.807, 2.05) is 29.2 Å². The van der Waals surface area contributed by atoms with Crippen molar-refractivity contribution in [3.8, 4) is 5.75 Å². The fraction of sp³-hybridized carbons (Fsp3) is 0.500. The lowest BCUT2D eigenvalue weighted by Gasteiger charge is -2.35. The quantitative estimate of drug-likeness (QED) is 0.811. The number of benzene rings is 1. The van der Waals surface area contributed by atoms with E-state index in [4.69, 9.17) is 4.74 Å². The summed E-state index contributed by atoms with van der Waals surface area (Å²) in [7, 11) is 5.48. The molecule has 1 saturated heterocycles. The van der Waals surface area contributed by atoms with Gasteiger partial charge in [-0.05, 0) is 19.2 Å². The van der Waals surface area contributed by atoms with E-state index >= 15 is 0 Å². The molecule has 0 atom stereocenters. The van der Waals surface area contributed by atoms with Gasteiger partial charge >= 0.3 is 6.03 Å². The monoisotopic (exact) mass is 263 g/mol. The highest BCUT2D eigenvalue weighted by atomic mass is 16.5. The number of hydrogen-bond donors (Lipinski definition) is 0. The number of anilines is 1. The lowest BCUT2D eigenvalue weighted by Crippen LogP contribution is -2.51. The van der Waals surface area contributed by atoms with E-state index in [1.54, 1.807) is 19.1 Å². The number of para-hydroxylation sites is 2.